The second kappa shape index (κ2) is 12.3. The zero-order chi connectivity index (χ0) is 15.3. The molecule has 3 heteroatoms. The largest absolute Gasteiger partial charge is 0.194 e. The van der Waals surface area contributed by atoms with Gasteiger partial charge in [0.25, 0.3) is 0 Å². The van der Waals surface area contributed by atoms with Crippen LogP contribution in [-0.4, -0.2) is 5.75 Å². The second-order valence-corrected chi connectivity index (χ2v) is 7.18. The lowest BCUT2D eigenvalue weighted by Crippen LogP contribution is -2.31. The Labute approximate surface area is 140 Å². The third-order valence-electron chi connectivity index (χ3n) is 3.82. The van der Waals surface area contributed by atoms with Crippen LogP contribution < -0.4 is 4.57 Å². The van der Waals surface area contributed by atoms with Crippen molar-refractivity contribution in [3.8, 4) is 0 Å². The molecule has 1 aromatic rings. The van der Waals surface area contributed by atoms with E-state index < -0.39 is 0 Å². The molecule has 0 aliphatic rings. The van der Waals surface area contributed by atoms with Crippen LogP contribution in [0.3, 0.4) is 0 Å². The van der Waals surface area contributed by atoms with Crippen molar-refractivity contribution in [2.45, 2.75) is 77.5 Å². The summed E-state index contributed by atoms with van der Waals surface area (Å²) in [5, 5.41) is 0.896. The Hall–Kier alpha value is -0.210. The summed E-state index contributed by atoms with van der Waals surface area (Å²) in [6.45, 7) is 4.42. The van der Waals surface area contributed by atoms with Gasteiger partial charge in [-0.25, -0.2) is 0 Å². The first kappa shape index (κ1) is 18.8. The van der Waals surface area contributed by atoms with Crippen molar-refractivity contribution in [1.82, 2.24) is 0 Å². The van der Waals surface area contributed by atoms with Crippen molar-refractivity contribution < 1.29 is 4.57 Å². The topological polar surface area (TPSA) is 3.88 Å². The Bertz CT molecular complexity index is 381. The minimum Gasteiger partial charge on any atom is -0.194 e. The van der Waals surface area contributed by atoms with Crippen LogP contribution in [0, 0.1) is 0 Å². The quantitative estimate of drug-likeness (QED) is 0.335. The molecule has 0 bridgehead atoms. The molecule has 1 aromatic heterocycles. The van der Waals surface area contributed by atoms with Gasteiger partial charge in [-0.2, -0.15) is 4.57 Å². The highest BCUT2D eigenvalue weighted by molar-refractivity contribution is 7.98. The van der Waals surface area contributed by atoms with Crippen LogP contribution in [0.25, 0.3) is 0 Å². The number of unbranched alkanes of at least 4 members (excludes halogenated alkanes) is 7. The Morgan fingerprint density at radius 1 is 1.00 bits per heavy atom. The molecule has 0 saturated carbocycles. The number of hydrogen-bond acceptors (Lipinski definition) is 1. The van der Waals surface area contributed by atoms with E-state index in [1.54, 1.807) is 0 Å². The number of aryl methyl sites for hydroxylation is 1. The summed E-state index contributed by atoms with van der Waals surface area (Å²) in [5.74, 6) is 2.27. The van der Waals surface area contributed by atoms with E-state index in [-0.39, 0.29) is 0 Å². The molecule has 0 aromatic carbocycles. The first-order valence-corrected chi connectivity index (χ1v) is 10.1. The summed E-state index contributed by atoms with van der Waals surface area (Å²) in [6.07, 6.45) is 16.4. The van der Waals surface area contributed by atoms with E-state index >= 15 is 0 Å². The monoisotopic (exact) mass is 328 g/mol. The number of hydrogen-bond donors (Lipinski definition) is 0. The lowest BCUT2D eigenvalue weighted by Gasteiger charge is -2.02. The van der Waals surface area contributed by atoms with Crippen LogP contribution >= 0.6 is 23.4 Å². The Morgan fingerprint density at radius 3 is 2.29 bits per heavy atom. The highest BCUT2D eigenvalue weighted by Gasteiger charge is 2.05. The predicted octanol–water partition coefficient (Wildman–Crippen LogP) is 6.02. The van der Waals surface area contributed by atoms with Crippen LogP contribution in [0.5, 0.6) is 0 Å². The summed E-state index contributed by atoms with van der Waals surface area (Å²) in [7, 11) is 0. The van der Waals surface area contributed by atoms with Crippen LogP contribution in [0.4, 0.5) is 0 Å². The Balaban J connectivity index is 2.00. The maximum absolute atomic E-state index is 6.23. The lowest BCUT2D eigenvalue weighted by atomic mass is 10.1. The first-order chi connectivity index (χ1) is 10.3. The fraction of sp³-hybridized carbons (Fsp3) is 0.722. The molecular weight excluding hydrogens is 298 g/mol. The lowest BCUT2D eigenvalue weighted by molar-refractivity contribution is -0.675. The highest BCUT2D eigenvalue weighted by Crippen LogP contribution is 2.14. The van der Waals surface area contributed by atoms with Gasteiger partial charge in [-0.15, -0.1) is 0 Å². The molecule has 21 heavy (non-hydrogen) atoms. The number of nitrogens with zero attached hydrogens (tertiary/aromatic N) is 1. The van der Waals surface area contributed by atoms with Crippen LogP contribution in [0.1, 0.15) is 70.8 Å². The molecule has 1 nitrogen and oxygen atoms in total. The molecule has 0 unspecified atom stereocenters. The van der Waals surface area contributed by atoms with Gasteiger partial charge >= 0.3 is 0 Å². The molecule has 0 aliphatic carbocycles. The van der Waals surface area contributed by atoms with E-state index in [4.69, 9.17) is 11.6 Å². The Morgan fingerprint density at radius 2 is 1.67 bits per heavy atom. The van der Waals surface area contributed by atoms with Gasteiger partial charge in [0.1, 0.15) is 5.02 Å². The second-order valence-electron chi connectivity index (χ2n) is 5.70. The van der Waals surface area contributed by atoms with E-state index in [1.165, 1.54) is 62.7 Å². The van der Waals surface area contributed by atoms with Crippen LogP contribution in [0.15, 0.2) is 18.5 Å². The van der Waals surface area contributed by atoms with Crippen molar-refractivity contribution in [3.63, 3.8) is 0 Å². The van der Waals surface area contributed by atoms with Gasteiger partial charge < -0.3 is 0 Å². The summed E-state index contributed by atoms with van der Waals surface area (Å²) < 4.78 is 2.19. The summed E-state index contributed by atoms with van der Waals surface area (Å²) in [5.41, 5.74) is 1.24. The van der Waals surface area contributed by atoms with Crippen LogP contribution in [-0.2, 0) is 12.3 Å². The van der Waals surface area contributed by atoms with Gasteiger partial charge in [-0.3, -0.25) is 0 Å². The van der Waals surface area contributed by atoms with Gasteiger partial charge in [0.2, 0.25) is 0 Å². The highest BCUT2D eigenvalue weighted by atomic mass is 35.5. The standard InChI is InChI=1S/C18H31ClNS/c1-3-5-6-7-8-9-10-11-14-21-16-20-13-12-17(4-2)18(19)15-20/h12-13,15H,3-11,14,16H2,1-2H3/q+1. The zero-order valence-corrected chi connectivity index (χ0v) is 15.3. The van der Waals surface area contributed by atoms with Crippen molar-refractivity contribution >= 4 is 23.4 Å². The van der Waals surface area contributed by atoms with Gasteiger partial charge in [-0.05, 0) is 24.2 Å². The van der Waals surface area contributed by atoms with Gasteiger partial charge in [0.05, 0.1) is 0 Å². The van der Waals surface area contributed by atoms with Gasteiger partial charge in [-0.1, -0.05) is 82.2 Å². The molecular formula is C18H31ClNS+. The van der Waals surface area contributed by atoms with E-state index in [2.05, 4.69) is 36.9 Å². The third-order valence-corrected chi connectivity index (χ3v) is 5.22. The number of rotatable bonds is 12. The summed E-state index contributed by atoms with van der Waals surface area (Å²) >= 11 is 8.24. The normalized spacial score (nSPS) is 11.0. The fourth-order valence-corrected chi connectivity index (χ4v) is 3.64. The molecule has 0 fully saturated rings. The smallest absolute Gasteiger partial charge is 0.194 e. The number of thioether (sulfide) groups is 1. The van der Waals surface area contributed by atoms with Crippen molar-refractivity contribution in [1.29, 1.82) is 0 Å². The number of aromatic nitrogens is 1. The number of pyridine rings is 1. The fourth-order valence-electron chi connectivity index (χ4n) is 2.41. The van der Waals surface area contributed by atoms with Crippen molar-refractivity contribution in [2.75, 3.05) is 5.75 Å². The molecule has 0 aliphatic heterocycles. The summed E-state index contributed by atoms with van der Waals surface area (Å²) in [4.78, 5) is 0. The maximum Gasteiger partial charge on any atom is 0.194 e. The zero-order valence-electron chi connectivity index (χ0n) is 13.7. The molecule has 0 spiro atoms. The minimum absolute atomic E-state index is 0.896. The predicted molar refractivity (Wildman–Crippen MR) is 96.1 cm³/mol. The molecule has 1 rings (SSSR count). The Kier molecular flexibility index (Phi) is 11.1. The minimum atomic E-state index is 0.896. The van der Waals surface area contributed by atoms with E-state index in [0.717, 1.165) is 17.3 Å². The van der Waals surface area contributed by atoms with E-state index in [9.17, 15) is 0 Å². The van der Waals surface area contributed by atoms with Gasteiger partial charge in [0.15, 0.2) is 18.3 Å². The molecule has 0 amide bonds. The van der Waals surface area contributed by atoms with Gasteiger partial charge in [0, 0.05) is 6.07 Å². The molecule has 1 heterocycles. The SMILES string of the molecule is CCCCCCCCCCSC[n+]1ccc(CC)c(Cl)c1. The van der Waals surface area contributed by atoms with Crippen molar-refractivity contribution in [3.05, 3.63) is 29.0 Å². The van der Waals surface area contributed by atoms with E-state index in [1.807, 2.05) is 11.8 Å². The molecule has 0 saturated heterocycles. The maximum atomic E-state index is 6.23. The molecule has 0 N–H and O–H groups in total. The summed E-state index contributed by atoms with van der Waals surface area (Å²) in [6, 6.07) is 2.14. The van der Waals surface area contributed by atoms with Crippen LogP contribution in [0.2, 0.25) is 5.02 Å². The molecule has 120 valence electrons. The van der Waals surface area contributed by atoms with Crippen molar-refractivity contribution in [2.24, 2.45) is 0 Å². The van der Waals surface area contributed by atoms with E-state index in [0.29, 0.717) is 0 Å². The molecule has 0 radical (unpaired) electrons. The average molecular weight is 329 g/mol. The third kappa shape index (κ3) is 8.73. The number of halogens is 1. The molecule has 0 atom stereocenters. The average Bonchev–Trinajstić information content (AvgIpc) is 2.49. The first-order valence-electron chi connectivity index (χ1n) is 8.53.